The monoisotopic (exact) mass is 342 g/mol. The Morgan fingerprint density at radius 1 is 1.00 bits per heavy atom. The van der Waals surface area contributed by atoms with Gasteiger partial charge in [-0.2, -0.15) is 0 Å². The van der Waals surface area contributed by atoms with Crippen molar-refractivity contribution >= 4 is 17.5 Å². The maximum absolute atomic E-state index is 12.9. The van der Waals surface area contributed by atoms with Gasteiger partial charge in [0.1, 0.15) is 11.2 Å². The average molecular weight is 342 g/mol. The number of hydrogen-bond acceptors (Lipinski definition) is 2. The predicted molar refractivity (Wildman–Crippen MR) is 96.6 cm³/mol. The maximum Gasteiger partial charge on any atom is 0.239 e. The van der Waals surface area contributed by atoms with E-state index in [9.17, 15) is 14.0 Å². The lowest BCUT2D eigenvalue weighted by atomic mass is 9.90. The summed E-state index contributed by atoms with van der Waals surface area (Å²) in [5, 5.41) is 5.56. The smallest absolute Gasteiger partial charge is 0.239 e. The largest absolute Gasteiger partial charge is 0.351 e. The van der Waals surface area contributed by atoms with E-state index in [0.29, 0.717) is 5.69 Å². The number of hydrogen-bond donors (Lipinski definition) is 2. The molecule has 0 unspecified atom stereocenters. The minimum atomic E-state index is -1.24. The van der Waals surface area contributed by atoms with Crippen LogP contribution < -0.4 is 10.6 Å². The van der Waals surface area contributed by atoms with E-state index in [2.05, 4.69) is 10.6 Å². The maximum atomic E-state index is 12.9. The van der Waals surface area contributed by atoms with Crippen LogP contribution in [0.25, 0.3) is 0 Å². The third kappa shape index (κ3) is 4.44. The molecule has 0 aliphatic carbocycles. The second-order valence-electron chi connectivity index (χ2n) is 6.64. The van der Waals surface area contributed by atoms with Gasteiger partial charge in [0.25, 0.3) is 0 Å². The quantitative estimate of drug-likeness (QED) is 0.814. The molecule has 0 fully saturated rings. The van der Waals surface area contributed by atoms with Crippen molar-refractivity contribution in [3.05, 3.63) is 65.0 Å². The highest BCUT2D eigenvalue weighted by Gasteiger charge is 2.36. The van der Waals surface area contributed by atoms with Crippen LogP contribution >= 0.6 is 0 Å². The fraction of sp³-hybridized carbons (Fsp3) is 0.300. The van der Waals surface area contributed by atoms with Crippen LogP contribution in [0.3, 0.4) is 0 Å². The van der Waals surface area contributed by atoms with Crippen LogP contribution in [0, 0.1) is 25.1 Å². The molecule has 2 amide bonds. The zero-order valence-corrected chi connectivity index (χ0v) is 14.9. The highest BCUT2D eigenvalue weighted by atomic mass is 19.1. The van der Waals surface area contributed by atoms with Gasteiger partial charge < -0.3 is 10.6 Å². The number of amides is 2. The van der Waals surface area contributed by atoms with Crippen molar-refractivity contribution in [2.24, 2.45) is 5.41 Å². The van der Waals surface area contributed by atoms with Gasteiger partial charge >= 0.3 is 0 Å². The van der Waals surface area contributed by atoms with Gasteiger partial charge in [-0.05, 0) is 62.6 Å². The average Bonchev–Trinajstić information content (AvgIpc) is 2.58. The number of carbonyl (C=O) groups excluding carboxylic acids is 2. The Labute approximate surface area is 147 Å². The summed E-state index contributed by atoms with van der Waals surface area (Å²) in [5.74, 6) is -1.10. The summed E-state index contributed by atoms with van der Waals surface area (Å²) in [5.41, 5.74) is 2.26. The first-order valence-electron chi connectivity index (χ1n) is 8.12. The van der Waals surface area contributed by atoms with E-state index in [0.717, 1.165) is 16.7 Å². The lowest BCUT2D eigenvalue weighted by Gasteiger charge is -2.23. The summed E-state index contributed by atoms with van der Waals surface area (Å²) < 4.78 is 12.9. The van der Waals surface area contributed by atoms with Gasteiger partial charge in [-0.3, -0.25) is 9.59 Å². The van der Waals surface area contributed by atoms with Crippen molar-refractivity contribution in [3.63, 3.8) is 0 Å². The molecule has 4 nitrogen and oxygen atoms in total. The first kappa shape index (κ1) is 18.6. The number of carbonyl (C=O) groups is 2. The highest BCUT2D eigenvalue weighted by Crippen LogP contribution is 2.23. The van der Waals surface area contributed by atoms with Crippen LogP contribution in [-0.2, 0) is 16.1 Å². The van der Waals surface area contributed by atoms with E-state index >= 15 is 0 Å². The Bertz CT molecular complexity index is 783. The molecular weight excluding hydrogens is 319 g/mol. The third-order valence-electron chi connectivity index (χ3n) is 4.35. The Morgan fingerprint density at radius 2 is 1.64 bits per heavy atom. The van der Waals surface area contributed by atoms with Gasteiger partial charge in [-0.1, -0.05) is 24.3 Å². The molecule has 0 radical (unpaired) electrons. The molecule has 25 heavy (non-hydrogen) atoms. The molecule has 0 aliphatic heterocycles. The molecular formula is C20H23FN2O2. The summed E-state index contributed by atoms with van der Waals surface area (Å²) in [7, 11) is 0. The van der Waals surface area contributed by atoms with Gasteiger partial charge in [0.2, 0.25) is 11.8 Å². The highest BCUT2D eigenvalue weighted by molar-refractivity contribution is 6.10. The van der Waals surface area contributed by atoms with Crippen LogP contribution in [0.1, 0.15) is 30.5 Å². The van der Waals surface area contributed by atoms with Crippen LogP contribution in [0.2, 0.25) is 0 Å². The number of aryl methyl sites for hydroxylation is 1. The molecule has 0 spiro atoms. The Balaban J connectivity index is 2.03. The fourth-order valence-corrected chi connectivity index (χ4v) is 2.27. The van der Waals surface area contributed by atoms with Crippen LogP contribution in [-0.4, -0.2) is 11.8 Å². The summed E-state index contributed by atoms with van der Waals surface area (Å²) >= 11 is 0. The minimum Gasteiger partial charge on any atom is -0.351 e. The SMILES string of the molecule is Cc1cccc(NC(=O)C(C)(C)C(=O)NCc2ccc(F)cc2)c1C. The lowest BCUT2D eigenvalue weighted by molar-refractivity contribution is -0.138. The molecule has 2 N–H and O–H groups in total. The van der Waals surface area contributed by atoms with Crippen molar-refractivity contribution in [1.29, 1.82) is 0 Å². The zero-order valence-electron chi connectivity index (χ0n) is 14.9. The molecule has 2 rings (SSSR count). The molecule has 0 aromatic heterocycles. The topological polar surface area (TPSA) is 58.2 Å². The number of benzene rings is 2. The van der Waals surface area contributed by atoms with Gasteiger partial charge in [0, 0.05) is 12.2 Å². The van der Waals surface area contributed by atoms with Crippen molar-refractivity contribution in [2.75, 3.05) is 5.32 Å². The molecule has 0 saturated heterocycles. The number of nitrogens with one attached hydrogen (secondary N) is 2. The van der Waals surface area contributed by atoms with Gasteiger partial charge in [0.05, 0.1) is 0 Å². The fourth-order valence-electron chi connectivity index (χ4n) is 2.27. The zero-order chi connectivity index (χ0) is 18.6. The van der Waals surface area contributed by atoms with Crippen LogP contribution in [0.15, 0.2) is 42.5 Å². The Morgan fingerprint density at radius 3 is 2.28 bits per heavy atom. The predicted octanol–water partition coefficient (Wildman–Crippen LogP) is 3.72. The van der Waals surface area contributed by atoms with Crippen molar-refractivity contribution in [1.82, 2.24) is 5.32 Å². The van der Waals surface area contributed by atoms with Crippen LogP contribution in [0.4, 0.5) is 10.1 Å². The molecule has 2 aromatic carbocycles. The van der Waals surface area contributed by atoms with Gasteiger partial charge in [0.15, 0.2) is 0 Å². The second-order valence-corrected chi connectivity index (χ2v) is 6.64. The van der Waals surface area contributed by atoms with E-state index in [4.69, 9.17) is 0 Å². The molecule has 0 bridgehead atoms. The van der Waals surface area contributed by atoms with Crippen LogP contribution in [0.5, 0.6) is 0 Å². The number of anilines is 1. The summed E-state index contributed by atoms with van der Waals surface area (Å²) in [4.78, 5) is 25.0. The van der Waals surface area contributed by atoms with Crippen molar-refractivity contribution < 1.29 is 14.0 Å². The standard InChI is InChI=1S/C20H23FN2O2/c1-13-6-5-7-17(14(13)2)23-19(25)20(3,4)18(24)22-12-15-8-10-16(21)11-9-15/h5-11H,12H2,1-4H3,(H,22,24)(H,23,25). The molecule has 2 aromatic rings. The van der Waals surface area contributed by atoms with E-state index in [1.54, 1.807) is 26.0 Å². The third-order valence-corrected chi connectivity index (χ3v) is 4.35. The molecule has 0 heterocycles. The molecule has 5 heteroatoms. The summed E-state index contributed by atoms with van der Waals surface area (Å²) in [6.07, 6.45) is 0. The van der Waals surface area contributed by atoms with Gasteiger partial charge in [-0.25, -0.2) is 4.39 Å². The first-order valence-corrected chi connectivity index (χ1v) is 8.12. The van der Waals surface area contributed by atoms with Crippen molar-refractivity contribution in [2.45, 2.75) is 34.2 Å². The van der Waals surface area contributed by atoms with E-state index in [1.165, 1.54) is 12.1 Å². The first-order chi connectivity index (χ1) is 11.7. The molecule has 132 valence electrons. The van der Waals surface area contributed by atoms with Gasteiger partial charge in [-0.15, -0.1) is 0 Å². The number of halogens is 1. The summed E-state index contributed by atoms with van der Waals surface area (Å²) in [6, 6.07) is 11.5. The Hall–Kier alpha value is -2.69. The van der Waals surface area contributed by atoms with E-state index < -0.39 is 5.41 Å². The van der Waals surface area contributed by atoms with E-state index in [-0.39, 0.29) is 24.2 Å². The van der Waals surface area contributed by atoms with E-state index in [1.807, 2.05) is 32.0 Å². The molecule has 0 aliphatic rings. The normalized spacial score (nSPS) is 11.1. The minimum absolute atomic E-state index is 0.235. The summed E-state index contributed by atoms with van der Waals surface area (Å²) in [6.45, 7) is 7.28. The Kier molecular flexibility index (Phi) is 5.57. The lowest BCUT2D eigenvalue weighted by Crippen LogP contribution is -2.45. The second kappa shape index (κ2) is 7.47. The van der Waals surface area contributed by atoms with Crippen molar-refractivity contribution in [3.8, 4) is 0 Å². The molecule has 0 saturated carbocycles. The number of rotatable bonds is 5. The molecule has 0 atom stereocenters.